The number of rotatable bonds is 9. The zero-order valence-corrected chi connectivity index (χ0v) is 19.0. The van der Waals surface area contributed by atoms with E-state index in [0.717, 1.165) is 16.9 Å². The number of aryl methyl sites for hydroxylation is 1. The second kappa shape index (κ2) is 11.7. The molecule has 8 heteroatoms. The van der Waals surface area contributed by atoms with Gasteiger partial charge in [0.2, 0.25) is 11.8 Å². The first-order valence-electron chi connectivity index (χ1n) is 10.4. The van der Waals surface area contributed by atoms with E-state index in [1.165, 1.54) is 0 Å². The number of hydrogen-bond acceptors (Lipinski definition) is 5. The van der Waals surface area contributed by atoms with E-state index in [1.807, 2.05) is 36.4 Å². The molecule has 0 heterocycles. The molecule has 32 heavy (non-hydrogen) atoms. The van der Waals surface area contributed by atoms with Crippen molar-refractivity contribution in [2.75, 3.05) is 19.0 Å². The van der Waals surface area contributed by atoms with E-state index in [-0.39, 0.29) is 18.4 Å². The molecule has 0 aliphatic carbocycles. The Balaban J connectivity index is 1.72. The first-order valence-corrected chi connectivity index (χ1v) is 10.4. The average Bonchev–Trinajstić information content (AvgIpc) is 2.75. The summed E-state index contributed by atoms with van der Waals surface area (Å²) in [6.45, 7) is 5.38. The van der Waals surface area contributed by atoms with Gasteiger partial charge in [-0.15, -0.1) is 0 Å². The summed E-state index contributed by atoms with van der Waals surface area (Å²) >= 11 is 0. The van der Waals surface area contributed by atoms with Crippen molar-refractivity contribution in [1.29, 1.82) is 0 Å². The molecule has 0 aliphatic rings. The highest BCUT2D eigenvalue weighted by Crippen LogP contribution is 2.19. The van der Waals surface area contributed by atoms with Crippen molar-refractivity contribution in [1.82, 2.24) is 10.6 Å². The maximum Gasteiger partial charge on any atom is 0.408 e. The Morgan fingerprint density at radius 2 is 1.59 bits per heavy atom. The van der Waals surface area contributed by atoms with Crippen LogP contribution in [0.4, 0.5) is 10.5 Å². The van der Waals surface area contributed by atoms with Gasteiger partial charge in [0.1, 0.15) is 17.9 Å². The molecule has 0 unspecified atom stereocenters. The standard InChI is InChI=1S/C24H31N3O5/c1-24(2,3)32-23(30)26-16-22(29)25-15-17-9-12-19(13-10-17)27-21(28)14-11-18-7-5-6-8-20(18)31-4/h5-10,12-13H,11,14-16H2,1-4H3,(H,25,29)(H,26,30)(H,27,28). The third kappa shape index (κ3) is 9.07. The molecular formula is C24H31N3O5. The van der Waals surface area contributed by atoms with E-state index in [4.69, 9.17) is 9.47 Å². The van der Waals surface area contributed by atoms with Crippen molar-refractivity contribution in [3.05, 3.63) is 59.7 Å². The summed E-state index contributed by atoms with van der Waals surface area (Å²) in [7, 11) is 1.61. The van der Waals surface area contributed by atoms with Crippen LogP contribution in [0.2, 0.25) is 0 Å². The van der Waals surface area contributed by atoms with Gasteiger partial charge < -0.3 is 25.4 Å². The molecule has 0 saturated heterocycles. The zero-order chi connectivity index (χ0) is 23.6. The first kappa shape index (κ1) is 24.7. The van der Waals surface area contributed by atoms with Crippen molar-refractivity contribution in [3.63, 3.8) is 0 Å². The molecule has 0 fully saturated rings. The Bertz CT molecular complexity index is 920. The van der Waals surface area contributed by atoms with Crippen molar-refractivity contribution in [2.24, 2.45) is 0 Å². The lowest BCUT2D eigenvalue weighted by molar-refractivity contribution is -0.120. The Kier molecular flexibility index (Phi) is 9.07. The van der Waals surface area contributed by atoms with Gasteiger partial charge in [-0.3, -0.25) is 9.59 Å². The van der Waals surface area contributed by atoms with Gasteiger partial charge >= 0.3 is 6.09 Å². The third-order valence-corrected chi connectivity index (χ3v) is 4.33. The number of alkyl carbamates (subject to hydrolysis) is 1. The maximum absolute atomic E-state index is 12.2. The highest BCUT2D eigenvalue weighted by molar-refractivity contribution is 5.90. The van der Waals surface area contributed by atoms with Crippen molar-refractivity contribution < 1.29 is 23.9 Å². The number of benzene rings is 2. The largest absolute Gasteiger partial charge is 0.496 e. The van der Waals surface area contributed by atoms with E-state index in [1.54, 1.807) is 40.0 Å². The second-order valence-electron chi connectivity index (χ2n) is 8.19. The summed E-state index contributed by atoms with van der Waals surface area (Å²) in [6.07, 6.45) is 0.276. The summed E-state index contributed by atoms with van der Waals surface area (Å²) < 4.78 is 10.4. The fraction of sp³-hybridized carbons (Fsp3) is 0.375. The van der Waals surface area contributed by atoms with Crippen LogP contribution in [-0.4, -0.2) is 37.2 Å². The minimum atomic E-state index is -0.640. The number of anilines is 1. The molecule has 0 atom stereocenters. The van der Waals surface area contributed by atoms with Crippen molar-refractivity contribution >= 4 is 23.6 Å². The predicted octanol–water partition coefficient (Wildman–Crippen LogP) is 3.41. The van der Waals surface area contributed by atoms with Crippen LogP contribution in [0, 0.1) is 0 Å². The van der Waals surface area contributed by atoms with E-state index < -0.39 is 11.7 Å². The van der Waals surface area contributed by atoms with Crippen molar-refractivity contribution in [2.45, 2.75) is 45.8 Å². The minimum Gasteiger partial charge on any atom is -0.496 e. The number of carbonyl (C=O) groups is 3. The molecule has 8 nitrogen and oxygen atoms in total. The van der Waals surface area contributed by atoms with E-state index >= 15 is 0 Å². The lowest BCUT2D eigenvalue weighted by atomic mass is 10.1. The molecule has 3 N–H and O–H groups in total. The number of ether oxygens (including phenoxy) is 2. The second-order valence-corrected chi connectivity index (χ2v) is 8.19. The fourth-order valence-corrected chi connectivity index (χ4v) is 2.82. The molecule has 2 aromatic carbocycles. The summed E-state index contributed by atoms with van der Waals surface area (Å²) in [5.74, 6) is 0.350. The van der Waals surface area contributed by atoms with Gasteiger partial charge in [-0.05, 0) is 56.5 Å². The van der Waals surface area contributed by atoms with Gasteiger partial charge in [-0.25, -0.2) is 4.79 Å². The van der Waals surface area contributed by atoms with Crippen LogP contribution in [-0.2, 0) is 27.3 Å². The molecule has 172 valence electrons. The summed E-state index contributed by atoms with van der Waals surface area (Å²) in [5, 5.41) is 7.99. The van der Waals surface area contributed by atoms with Gasteiger partial charge in [0, 0.05) is 18.7 Å². The quantitative estimate of drug-likeness (QED) is 0.553. The molecule has 2 rings (SSSR count). The highest BCUT2D eigenvalue weighted by Gasteiger charge is 2.16. The SMILES string of the molecule is COc1ccccc1CCC(=O)Nc1ccc(CNC(=O)CNC(=O)OC(C)(C)C)cc1. The van der Waals surface area contributed by atoms with E-state index in [2.05, 4.69) is 16.0 Å². The maximum atomic E-state index is 12.2. The average molecular weight is 442 g/mol. The number of hydrogen-bond donors (Lipinski definition) is 3. The number of carbonyl (C=O) groups excluding carboxylic acids is 3. The first-order chi connectivity index (χ1) is 15.2. The smallest absolute Gasteiger partial charge is 0.408 e. The number of methoxy groups -OCH3 is 1. The molecular weight excluding hydrogens is 410 g/mol. The summed E-state index contributed by atoms with van der Waals surface area (Å²) in [4.78, 5) is 35.7. The van der Waals surface area contributed by atoms with Gasteiger partial charge in [-0.2, -0.15) is 0 Å². The number of para-hydroxylation sites is 1. The molecule has 0 radical (unpaired) electrons. The van der Waals surface area contributed by atoms with E-state index in [0.29, 0.717) is 25.1 Å². The predicted molar refractivity (Wildman–Crippen MR) is 122 cm³/mol. The molecule has 0 aliphatic heterocycles. The van der Waals surface area contributed by atoms with Gasteiger partial charge in [0.15, 0.2) is 0 Å². The third-order valence-electron chi connectivity index (χ3n) is 4.33. The fourth-order valence-electron chi connectivity index (χ4n) is 2.82. The normalized spacial score (nSPS) is 10.8. The molecule has 0 aromatic heterocycles. The zero-order valence-electron chi connectivity index (χ0n) is 19.0. The van der Waals surface area contributed by atoms with Gasteiger partial charge in [0.05, 0.1) is 7.11 Å². The molecule has 3 amide bonds. The van der Waals surface area contributed by atoms with E-state index in [9.17, 15) is 14.4 Å². The van der Waals surface area contributed by atoms with Crippen LogP contribution < -0.4 is 20.7 Å². The highest BCUT2D eigenvalue weighted by atomic mass is 16.6. The lowest BCUT2D eigenvalue weighted by Crippen LogP contribution is -2.39. The van der Waals surface area contributed by atoms with Gasteiger partial charge in [0.25, 0.3) is 0 Å². The minimum absolute atomic E-state index is 0.0924. The number of nitrogens with one attached hydrogen (secondary N) is 3. The van der Waals surface area contributed by atoms with Crippen LogP contribution in [0.15, 0.2) is 48.5 Å². The topological polar surface area (TPSA) is 106 Å². The number of amides is 3. The summed E-state index contributed by atoms with van der Waals surface area (Å²) in [6, 6.07) is 14.8. The molecule has 0 spiro atoms. The Labute approximate surface area is 188 Å². The van der Waals surface area contributed by atoms with Gasteiger partial charge in [-0.1, -0.05) is 30.3 Å². The molecule has 0 bridgehead atoms. The van der Waals surface area contributed by atoms with Crippen LogP contribution in [0.3, 0.4) is 0 Å². The monoisotopic (exact) mass is 441 g/mol. The Hall–Kier alpha value is -3.55. The lowest BCUT2D eigenvalue weighted by Gasteiger charge is -2.19. The van der Waals surface area contributed by atoms with Crippen LogP contribution in [0.5, 0.6) is 5.75 Å². The Morgan fingerprint density at radius 3 is 2.25 bits per heavy atom. The van der Waals surface area contributed by atoms with Crippen molar-refractivity contribution in [3.8, 4) is 5.75 Å². The van der Waals surface area contributed by atoms with Crippen LogP contribution in [0.1, 0.15) is 38.3 Å². The summed E-state index contributed by atoms with van der Waals surface area (Å²) in [5.41, 5.74) is 1.91. The molecule has 2 aromatic rings. The van der Waals surface area contributed by atoms with Crippen LogP contribution >= 0.6 is 0 Å². The Morgan fingerprint density at radius 1 is 0.906 bits per heavy atom. The molecule has 0 saturated carbocycles. The van der Waals surface area contributed by atoms with Crippen LogP contribution in [0.25, 0.3) is 0 Å².